The van der Waals surface area contributed by atoms with E-state index in [4.69, 9.17) is 0 Å². The van der Waals surface area contributed by atoms with Crippen molar-refractivity contribution in [3.8, 4) is 22.5 Å². The average Bonchev–Trinajstić information content (AvgIpc) is 4.02. The van der Waals surface area contributed by atoms with Crippen LogP contribution in [0.5, 0.6) is 0 Å². The van der Waals surface area contributed by atoms with Crippen molar-refractivity contribution >= 4 is 104 Å². The lowest BCUT2D eigenvalue weighted by atomic mass is 10.0. The van der Waals surface area contributed by atoms with E-state index in [1.54, 1.807) is 0 Å². The van der Waals surface area contributed by atoms with E-state index in [2.05, 4.69) is 252 Å². The number of hydrogen-bond acceptors (Lipinski definition) is 1. The standard InChI is InChI=1S/C60H40N2SSi/c1-4-16-45(17-5-1)64(46-18-6-2-7-19-46,47-20-8-3-9-21-47)48-33-30-43(31-34-48)61-55-25-13-11-23-50(55)53-40-44(32-36-58(53)61)62-56-26-14-10-22-49(56)52-38-41(28-35-57(52)62)42-29-37-60-54(39-42)51-24-12-15-27-59(51)63-60/h1-40H. The maximum atomic E-state index is 2.45. The Morgan fingerprint density at radius 3 is 1.28 bits per heavy atom. The quantitative estimate of drug-likeness (QED) is 0.112. The first-order chi connectivity index (χ1) is 31.7. The molecule has 13 rings (SSSR count). The Balaban J connectivity index is 0.953. The topological polar surface area (TPSA) is 9.86 Å². The molecule has 0 atom stereocenters. The van der Waals surface area contributed by atoms with Gasteiger partial charge in [0, 0.05) is 53.1 Å². The smallest absolute Gasteiger partial charge is 0.179 e. The summed E-state index contributed by atoms with van der Waals surface area (Å²) in [6, 6.07) is 90.4. The number of para-hydroxylation sites is 2. The van der Waals surface area contributed by atoms with Crippen molar-refractivity contribution in [2.45, 2.75) is 0 Å². The summed E-state index contributed by atoms with van der Waals surface area (Å²) in [6.45, 7) is 0. The molecule has 0 spiro atoms. The van der Waals surface area contributed by atoms with Crippen molar-refractivity contribution in [1.29, 1.82) is 0 Å². The minimum Gasteiger partial charge on any atom is -0.309 e. The molecule has 10 aromatic carbocycles. The van der Waals surface area contributed by atoms with E-state index >= 15 is 0 Å². The fourth-order valence-corrected chi connectivity index (χ4v) is 16.5. The summed E-state index contributed by atoms with van der Waals surface area (Å²) in [4.78, 5) is 0. The lowest BCUT2D eigenvalue weighted by Crippen LogP contribution is -2.74. The van der Waals surface area contributed by atoms with Gasteiger partial charge in [-0.3, -0.25) is 0 Å². The van der Waals surface area contributed by atoms with Gasteiger partial charge in [0.2, 0.25) is 0 Å². The first-order valence-corrected chi connectivity index (χ1v) is 24.8. The second-order valence-corrected chi connectivity index (χ2v) is 21.7. The van der Waals surface area contributed by atoms with Gasteiger partial charge in [0.05, 0.1) is 22.1 Å². The maximum Gasteiger partial charge on any atom is 0.179 e. The second kappa shape index (κ2) is 14.7. The second-order valence-electron chi connectivity index (χ2n) is 16.8. The van der Waals surface area contributed by atoms with Crippen LogP contribution >= 0.6 is 11.3 Å². The minimum atomic E-state index is -2.65. The molecule has 2 nitrogen and oxygen atoms in total. The summed E-state index contributed by atoms with van der Waals surface area (Å²) >= 11 is 1.87. The molecule has 0 aliphatic carbocycles. The third-order valence-corrected chi connectivity index (χ3v) is 19.4. The van der Waals surface area contributed by atoms with Crippen LogP contribution < -0.4 is 20.7 Å². The lowest BCUT2D eigenvalue weighted by molar-refractivity contribution is 1.17. The minimum absolute atomic E-state index is 1.15. The van der Waals surface area contributed by atoms with Gasteiger partial charge in [-0.15, -0.1) is 11.3 Å². The highest BCUT2D eigenvalue weighted by atomic mass is 32.1. The van der Waals surface area contributed by atoms with Crippen LogP contribution in [0.25, 0.3) is 86.3 Å². The molecule has 0 bridgehead atoms. The highest BCUT2D eigenvalue weighted by Gasteiger charge is 2.41. The van der Waals surface area contributed by atoms with Crippen LogP contribution in [0.2, 0.25) is 0 Å². The zero-order chi connectivity index (χ0) is 42.2. The van der Waals surface area contributed by atoms with Crippen LogP contribution in [-0.2, 0) is 0 Å². The van der Waals surface area contributed by atoms with Gasteiger partial charge in [0.1, 0.15) is 0 Å². The molecule has 0 saturated carbocycles. The van der Waals surface area contributed by atoms with Crippen molar-refractivity contribution in [3.05, 3.63) is 243 Å². The summed E-state index contributed by atoms with van der Waals surface area (Å²) < 4.78 is 7.56. The molecule has 0 amide bonds. The van der Waals surface area contributed by atoms with E-state index in [0.717, 1.165) is 11.4 Å². The van der Waals surface area contributed by atoms with Crippen molar-refractivity contribution in [1.82, 2.24) is 9.13 Å². The molecule has 4 heteroatoms. The fraction of sp³-hybridized carbons (Fsp3) is 0. The third kappa shape index (κ3) is 5.56. The first kappa shape index (κ1) is 36.9. The summed E-state index contributed by atoms with van der Waals surface area (Å²) in [6.07, 6.45) is 0. The number of nitrogens with zero attached hydrogens (tertiary/aromatic N) is 2. The molecule has 0 radical (unpaired) electrons. The van der Waals surface area contributed by atoms with Crippen LogP contribution in [-0.4, -0.2) is 17.2 Å². The van der Waals surface area contributed by atoms with Crippen molar-refractivity contribution in [3.63, 3.8) is 0 Å². The predicted octanol–water partition coefficient (Wildman–Crippen LogP) is 13.3. The van der Waals surface area contributed by atoms with Gasteiger partial charge in [0.15, 0.2) is 8.07 Å². The Bertz CT molecular complexity index is 3790. The molecule has 0 unspecified atom stereocenters. The Hall–Kier alpha value is -7.76. The summed E-state index contributed by atoms with van der Waals surface area (Å²) in [5.41, 5.74) is 9.57. The van der Waals surface area contributed by atoms with Crippen LogP contribution in [0.4, 0.5) is 0 Å². The Morgan fingerprint density at radius 2 is 0.672 bits per heavy atom. The highest BCUT2D eigenvalue weighted by molar-refractivity contribution is 7.25. The van der Waals surface area contributed by atoms with E-state index in [-0.39, 0.29) is 0 Å². The van der Waals surface area contributed by atoms with E-state index in [1.165, 1.54) is 95.7 Å². The molecule has 3 aromatic heterocycles. The summed E-state index contributed by atoms with van der Waals surface area (Å²) in [5, 5.41) is 13.1. The number of aromatic nitrogens is 2. The van der Waals surface area contributed by atoms with Gasteiger partial charge in [0.25, 0.3) is 0 Å². The van der Waals surface area contributed by atoms with Gasteiger partial charge in [-0.1, -0.05) is 170 Å². The van der Waals surface area contributed by atoms with Crippen molar-refractivity contribution in [2.24, 2.45) is 0 Å². The van der Waals surface area contributed by atoms with Crippen LogP contribution in [0.3, 0.4) is 0 Å². The van der Waals surface area contributed by atoms with Crippen molar-refractivity contribution < 1.29 is 0 Å². The lowest BCUT2D eigenvalue weighted by Gasteiger charge is -2.34. The SMILES string of the molecule is c1ccc([Si](c2ccccc2)(c2ccccc2)c2ccc(-n3c4ccccc4c4cc(-n5c6ccccc6c6cc(-c7ccc8sc9ccccc9c8c7)ccc65)ccc43)cc2)cc1. The molecule has 13 aromatic rings. The van der Waals surface area contributed by atoms with E-state index in [9.17, 15) is 0 Å². The van der Waals surface area contributed by atoms with Crippen LogP contribution in [0, 0.1) is 0 Å². The number of fused-ring (bicyclic) bond motifs is 9. The van der Waals surface area contributed by atoms with Crippen LogP contribution in [0.1, 0.15) is 0 Å². The van der Waals surface area contributed by atoms with Crippen LogP contribution in [0.15, 0.2) is 243 Å². The average molecular weight is 849 g/mol. The normalized spacial score (nSPS) is 12.1. The number of benzene rings is 10. The molecule has 0 N–H and O–H groups in total. The molecular formula is C60H40N2SSi. The van der Waals surface area contributed by atoms with Gasteiger partial charge < -0.3 is 9.13 Å². The number of rotatable bonds is 7. The first-order valence-electron chi connectivity index (χ1n) is 22.0. The molecule has 3 heterocycles. The summed E-state index contributed by atoms with van der Waals surface area (Å²) in [7, 11) is -2.65. The Kier molecular flexibility index (Phi) is 8.45. The van der Waals surface area contributed by atoms with Gasteiger partial charge in [-0.2, -0.15) is 0 Å². The molecule has 0 aliphatic rings. The highest BCUT2D eigenvalue weighted by Crippen LogP contribution is 2.40. The fourth-order valence-electron chi connectivity index (χ4n) is 10.6. The Morgan fingerprint density at radius 1 is 0.266 bits per heavy atom. The Labute approximate surface area is 376 Å². The van der Waals surface area contributed by atoms with Gasteiger partial charge in [-0.25, -0.2) is 0 Å². The molecule has 300 valence electrons. The van der Waals surface area contributed by atoms with Gasteiger partial charge >= 0.3 is 0 Å². The predicted molar refractivity (Wildman–Crippen MR) is 277 cm³/mol. The van der Waals surface area contributed by atoms with E-state index < -0.39 is 8.07 Å². The zero-order valence-corrected chi connectivity index (χ0v) is 36.7. The van der Waals surface area contributed by atoms with E-state index in [1.807, 2.05) is 11.3 Å². The monoisotopic (exact) mass is 848 g/mol. The zero-order valence-electron chi connectivity index (χ0n) is 34.9. The number of thiophene rings is 1. The molecular weight excluding hydrogens is 809 g/mol. The molecule has 0 fully saturated rings. The summed E-state index contributed by atoms with van der Waals surface area (Å²) in [5.74, 6) is 0. The largest absolute Gasteiger partial charge is 0.309 e. The maximum absolute atomic E-state index is 2.65. The molecule has 64 heavy (non-hydrogen) atoms. The number of hydrogen-bond donors (Lipinski definition) is 0. The molecule has 0 aliphatic heterocycles. The molecule has 0 saturated heterocycles. The van der Waals surface area contributed by atoms with E-state index in [0.29, 0.717) is 0 Å². The third-order valence-electron chi connectivity index (χ3n) is 13.5. The van der Waals surface area contributed by atoms with Crippen molar-refractivity contribution in [2.75, 3.05) is 0 Å². The van der Waals surface area contributed by atoms with Gasteiger partial charge in [-0.05, 0) is 105 Å².